The monoisotopic (exact) mass is 259 g/mol. The fourth-order valence-corrected chi connectivity index (χ4v) is 3.94. The summed E-state index contributed by atoms with van der Waals surface area (Å²) in [4.78, 5) is 6.87. The second kappa shape index (κ2) is 5.12. The Labute approximate surface area is 116 Å². The van der Waals surface area contributed by atoms with Crippen molar-refractivity contribution in [3.05, 3.63) is 23.9 Å². The van der Waals surface area contributed by atoms with Gasteiger partial charge in [0.2, 0.25) is 0 Å². The van der Waals surface area contributed by atoms with Gasteiger partial charge in [0.15, 0.2) is 0 Å². The molecule has 3 rings (SSSR count). The number of nitrogens with zero attached hydrogens (tertiary/aromatic N) is 2. The first-order valence-corrected chi connectivity index (χ1v) is 7.56. The Morgan fingerprint density at radius 2 is 2.21 bits per heavy atom. The first kappa shape index (κ1) is 12.9. The first-order chi connectivity index (χ1) is 9.13. The molecule has 0 aliphatic heterocycles. The third-order valence-electron chi connectivity index (χ3n) is 5.08. The molecule has 1 heterocycles. The minimum absolute atomic E-state index is 0.0671. The quantitative estimate of drug-likeness (QED) is 0.904. The molecule has 1 aromatic rings. The summed E-state index contributed by atoms with van der Waals surface area (Å²) in [6.07, 6.45) is 7.77. The molecule has 0 radical (unpaired) electrons. The minimum Gasteiger partial charge on any atom is -0.359 e. The molecule has 0 spiro atoms. The zero-order chi connectivity index (χ0) is 13.4. The fraction of sp³-hybridized carbons (Fsp3) is 0.688. The summed E-state index contributed by atoms with van der Waals surface area (Å²) in [6, 6.07) is 4.27. The maximum Gasteiger partial charge on any atom is 0.128 e. The zero-order valence-corrected chi connectivity index (χ0v) is 12.0. The largest absolute Gasteiger partial charge is 0.359 e. The van der Waals surface area contributed by atoms with Gasteiger partial charge in [-0.25, -0.2) is 4.98 Å². The van der Waals surface area contributed by atoms with Gasteiger partial charge in [0.25, 0.3) is 0 Å². The molecule has 0 amide bonds. The SMILES string of the molecule is C[C@H](N)c1ccc(N(C)CC2CC3CCC2C3)nc1. The molecule has 2 N–H and O–H groups in total. The van der Waals surface area contributed by atoms with Gasteiger partial charge in [0.1, 0.15) is 5.82 Å². The lowest BCUT2D eigenvalue weighted by Gasteiger charge is -2.28. The minimum atomic E-state index is 0.0671. The Kier molecular flexibility index (Phi) is 3.48. The van der Waals surface area contributed by atoms with Crippen LogP contribution in [0.2, 0.25) is 0 Å². The van der Waals surface area contributed by atoms with Gasteiger partial charge in [-0.3, -0.25) is 0 Å². The first-order valence-electron chi connectivity index (χ1n) is 7.56. The summed E-state index contributed by atoms with van der Waals surface area (Å²) in [7, 11) is 2.17. The van der Waals surface area contributed by atoms with Gasteiger partial charge < -0.3 is 10.6 Å². The maximum atomic E-state index is 5.86. The van der Waals surface area contributed by atoms with Crippen LogP contribution in [0, 0.1) is 17.8 Å². The number of aromatic nitrogens is 1. The molecule has 0 saturated heterocycles. The Morgan fingerprint density at radius 1 is 1.37 bits per heavy atom. The van der Waals surface area contributed by atoms with Crippen LogP contribution in [-0.2, 0) is 0 Å². The van der Waals surface area contributed by atoms with Crippen molar-refractivity contribution in [3.8, 4) is 0 Å². The van der Waals surface area contributed by atoms with Crippen LogP contribution in [0.3, 0.4) is 0 Å². The molecular formula is C16H25N3. The van der Waals surface area contributed by atoms with Crippen molar-refractivity contribution in [3.63, 3.8) is 0 Å². The summed E-state index contributed by atoms with van der Waals surface area (Å²) in [6.45, 7) is 3.15. The standard InChI is InChI=1S/C16H25N3/c1-11(17)14-5-6-16(18-9-14)19(2)10-15-8-12-3-4-13(15)7-12/h5-6,9,11-13,15H,3-4,7-8,10,17H2,1-2H3/t11-,12?,13?,15?/m0/s1. The molecule has 2 saturated carbocycles. The fourth-order valence-electron chi connectivity index (χ4n) is 3.94. The summed E-state index contributed by atoms with van der Waals surface area (Å²) in [5, 5.41) is 0. The Hall–Kier alpha value is -1.09. The van der Waals surface area contributed by atoms with Crippen LogP contribution < -0.4 is 10.6 Å². The van der Waals surface area contributed by atoms with Crippen molar-refractivity contribution in [2.75, 3.05) is 18.5 Å². The van der Waals surface area contributed by atoms with Crippen molar-refractivity contribution in [2.24, 2.45) is 23.5 Å². The summed E-state index contributed by atoms with van der Waals surface area (Å²) in [5.41, 5.74) is 6.97. The van der Waals surface area contributed by atoms with Crippen molar-refractivity contribution >= 4 is 5.82 Å². The molecule has 0 aromatic carbocycles. The van der Waals surface area contributed by atoms with Crippen LogP contribution in [0.15, 0.2) is 18.3 Å². The van der Waals surface area contributed by atoms with E-state index < -0.39 is 0 Å². The lowest BCUT2D eigenvalue weighted by molar-refractivity contribution is 0.337. The molecule has 1 aromatic heterocycles. The van der Waals surface area contributed by atoms with E-state index in [-0.39, 0.29) is 6.04 Å². The van der Waals surface area contributed by atoms with E-state index in [0.29, 0.717) is 0 Å². The highest BCUT2D eigenvalue weighted by molar-refractivity contribution is 5.39. The molecule has 19 heavy (non-hydrogen) atoms. The van der Waals surface area contributed by atoms with Crippen LogP contribution in [0.1, 0.15) is 44.2 Å². The Bertz CT molecular complexity index is 426. The van der Waals surface area contributed by atoms with E-state index in [1.165, 1.54) is 25.7 Å². The highest BCUT2D eigenvalue weighted by Gasteiger charge is 2.39. The van der Waals surface area contributed by atoms with E-state index >= 15 is 0 Å². The Morgan fingerprint density at radius 3 is 2.74 bits per heavy atom. The van der Waals surface area contributed by atoms with Crippen LogP contribution in [0.5, 0.6) is 0 Å². The Balaban J connectivity index is 1.62. The van der Waals surface area contributed by atoms with Crippen LogP contribution >= 0.6 is 0 Å². The number of hydrogen-bond donors (Lipinski definition) is 1. The molecule has 2 bridgehead atoms. The van der Waals surface area contributed by atoms with Crippen molar-refractivity contribution in [1.29, 1.82) is 0 Å². The van der Waals surface area contributed by atoms with Gasteiger partial charge in [0, 0.05) is 25.8 Å². The second-order valence-electron chi connectivity index (χ2n) is 6.55. The number of rotatable bonds is 4. The number of hydrogen-bond acceptors (Lipinski definition) is 3. The van der Waals surface area contributed by atoms with Crippen molar-refractivity contribution < 1.29 is 0 Å². The molecule has 104 valence electrons. The van der Waals surface area contributed by atoms with E-state index in [9.17, 15) is 0 Å². The summed E-state index contributed by atoms with van der Waals surface area (Å²) < 4.78 is 0. The molecule has 4 atom stereocenters. The zero-order valence-electron chi connectivity index (χ0n) is 12.0. The normalized spacial score (nSPS) is 30.6. The second-order valence-corrected chi connectivity index (χ2v) is 6.55. The van der Waals surface area contributed by atoms with Crippen LogP contribution in [0.25, 0.3) is 0 Å². The molecule has 2 aliphatic rings. The molecule has 3 heteroatoms. The van der Waals surface area contributed by atoms with Crippen LogP contribution in [0.4, 0.5) is 5.82 Å². The number of nitrogens with two attached hydrogens (primary N) is 1. The molecule has 3 nitrogen and oxygen atoms in total. The smallest absolute Gasteiger partial charge is 0.128 e. The highest BCUT2D eigenvalue weighted by Crippen LogP contribution is 2.48. The van der Waals surface area contributed by atoms with Gasteiger partial charge in [0.05, 0.1) is 0 Å². The number of fused-ring (bicyclic) bond motifs is 2. The van der Waals surface area contributed by atoms with Crippen LogP contribution in [-0.4, -0.2) is 18.6 Å². The van der Waals surface area contributed by atoms with E-state index in [0.717, 1.165) is 35.7 Å². The summed E-state index contributed by atoms with van der Waals surface area (Å²) in [5.74, 6) is 3.97. The number of anilines is 1. The van der Waals surface area contributed by atoms with Gasteiger partial charge >= 0.3 is 0 Å². The third kappa shape index (κ3) is 2.62. The van der Waals surface area contributed by atoms with Gasteiger partial charge in [-0.1, -0.05) is 12.5 Å². The van der Waals surface area contributed by atoms with E-state index in [1.54, 1.807) is 0 Å². The average molecular weight is 259 g/mol. The molecule has 2 fully saturated rings. The number of pyridine rings is 1. The third-order valence-corrected chi connectivity index (χ3v) is 5.08. The molecular weight excluding hydrogens is 234 g/mol. The maximum absolute atomic E-state index is 5.86. The average Bonchev–Trinajstić information content (AvgIpc) is 3.01. The van der Waals surface area contributed by atoms with Crippen molar-refractivity contribution in [2.45, 2.75) is 38.6 Å². The van der Waals surface area contributed by atoms with Gasteiger partial charge in [-0.2, -0.15) is 0 Å². The molecule has 2 aliphatic carbocycles. The highest BCUT2D eigenvalue weighted by atomic mass is 15.2. The lowest BCUT2D eigenvalue weighted by Crippen LogP contribution is -2.29. The predicted molar refractivity (Wildman–Crippen MR) is 79.0 cm³/mol. The van der Waals surface area contributed by atoms with E-state index in [4.69, 9.17) is 5.73 Å². The van der Waals surface area contributed by atoms with E-state index in [2.05, 4.69) is 29.1 Å². The van der Waals surface area contributed by atoms with Gasteiger partial charge in [-0.15, -0.1) is 0 Å². The lowest BCUT2D eigenvalue weighted by atomic mass is 9.88. The summed E-state index contributed by atoms with van der Waals surface area (Å²) >= 11 is 0. The van der Waals surface area contributed by atoms with E-state index in [1.807, 2.05) is 13.1 Å². The topological polar surface area (TPSA) is 42.1 Å². The predicted octanol–water partition coefficient (Wildman–Crippen LogP) is 2.97. The van der Waals surface area contributed by atoms with Crippen molar-refractivity contribution in [1.82, 2.24) is 4.98 Å². The molecule has 3 unspecified atom stereocenters. The van der Waals surface area contributed by atoms with Gasteiger partial charge in [-0.05, 0) is 55.6 Å².